The molecule has 2 aromatic rings. The molecule has 0 bridgehead atoms. The molecule has 14 nitrogen and oxygen atoms in total. The van der Waals surface area contributed by atoms with Crippen LogP contribution in [-0.4, -0.2) is 83.6 Å². The van der Waals surface area contributed by atoms with E-state index in [9.17, 15) is 37.8 Å². The topological polar surface area (TPSA) is 217 Å². The molecule has 0 aliphatic heterocycles. The van der Waals surface area contributed by atoms with Crippen LogP contribution in [0.2, 0.25) is 0 Å². The van der Waals surface area contributed by atoms with Gasteiger partial charge in [0.15, 0.2) is 0 Å². The Bertz CT molecular complexity index is 1390. The first kappa shape index (κ1) is 37.1. The lowest BCUT2D eigenvalue weighted by Gasteiger charge is -2.33. The predicted octanol–water partition coefficient (Wildman–Crippen LogP) is 0.901. The fourth-order valence-corrected chi connectivity index (χ4v) is 5.90. The quantitative estimate of drug-likeness (QED) is 0.135. The maximum atomic E-state index is 13.4. The van der Waals surface area contributed by atoms with Crippen molar-refractivity contribution >= 4 is 34.1 Å². The molecule has 7 N–H and O–H groups in total. The number of carboxylic acids is 1. The van der Waals surface area contributed by atoms with Gasteiger partial charge in [0.05, 0.1) is 18.6 Å². The molecular formula is C30H43N5O9S. The second-order valence-corrected chi connectivity index (χ2v) is 13.2. The van der Waals surface area contributed by atoms with Crippen molar-refractivity contribution in [3.8, 4) is 0 Å². The maximum Gasteiger partial charge on any atom is 0.408 e. The third-order valence-electron chi connectivity index (χ3n) is 6.54. The monoisotopic (exact) mass is 649 g/mol. The van der Waals surface area contributed by atoms with Crippen LogP contribution in [0.4, 0.5) is 4.79 Å². The van der Waals surface area contributed by atoms with Gasteiger partial charge in [-0.25, -0.2) is 4.79 Å². The van der Waals surface area contributed by atoms with Gasteiger partial charge in [0, 0.05) is 13.1 Å². The van der Waals surface area contributed by atoms with E-state index in [2.05, 4.69) is 15.4 Å². The van der Waals surface area contributed by atoms with Crippen molar-refractivity contribution in [3.05, 3.63) is 71.8 Å². The molecule has 15 heteroatoms. The van der Waals surface area contributed by atoms with Gasteiger partial charge in [-0.3, -0.25) is 14.4 Å². The van der Waals surface area contributed by atoms with Crippen LogP contribution >= 0.6 is 0 Å². The zero-order chi connectivity index (χ0) is 33.8. The van der Waals surface area contributed by atoms with Crippen LogP contribution in [0.1, 0.15) is 45.2 Å². The minimum atomic E-state index is -4.43. The van der Waals surface area contributed by atoms with Crippen molar-refractivity contribution in [1.82, 2.24) is 19.7 Å². The van der Waals surface area contributed by atoms with E-state index in [4.69, 9.17) is 10.5 Å². The number of ether oxygens (including phenoxy) is 1. The molecule has 0 aromatic heterocycles. The first-order chi connectivity index (χ1) is 21.0. The van der Waals surface area contributed by atoms with Crippen molar-refractivity contribution in [1.29, 1.82) is 0 Å². The molecule has 0 saturated carbocycles. The number of aliphatic hydroxyl groups is 1. The van der Waals surface area contributed by atoms with Crippen molar-refractivity contribution in [2.45, 2.75) is 70.9 Å². The summed E-state index contributed by atoms with van der Waals surface area (Å²) in [6, 6.07) is 14.9. The highest BCUT2D eigenvalue weighted by Crippen LogP contribution is 2.15. The Balaban J connectivity index is 2.30. The zero-order valence-corrected chi connectivity index (χ0v) is 26.6. The van der Waals surface area contributed by atoms with Gasteiger partial charge in [-0.05, 0) is 37.3 Å². The molecular weight excluding hydrogens is 606 g/mol. The summed E-state index contributed by atoms with van der Waals surface area (Å²) in [5, 5.41) is 25.8. The molecule has 0 aliphatic carbocycles. The number of nitrogens with zero attached hydrogens (tertiary/aromatic N) is 1. The van der Waals surface area contributed by atoms with Crippen LogP contribution in [0.15, 0.2) is 60.7 Å². The first-order valence-electron chi connectivity index (χ1n) is 14.3. The van der Waals surface area contributed by atoms with Gasteiger partial charge < -0.3 is 31.3 Å². The Kier molecular flexibility index (Phi) is 13.9. The molecule has 0 radical (unpaired) electrons. The number of hydrogen-bond donors (Lipinski definition) is 6. The molecule has 3 atom stereocenters. The van der Waals surface area contributed by atoms with Gasteiger partial charge in [0.1, 0.15) is 18.2 Å². The number of carbonyl (C=O) groups excluding carboxylic acids is 3. The number of rotatable bonds is 18. The number of nitrogens with two attached hydrogens (primary N) is 1. The van der Waals surface area contributed by atoms with Gasteiger partial charge in [-0.2, -0.15) is 17.4 Å². The number of alkyl carbamates (subject to hydrolysis) is 1. The predicted molar refractivity (Wildman–Crippen MR) is 166 cm³/mol. The first-order valence-corrected chi connectivity index (χ1v) is 15.7. The Labute approximate surface area is 263 Å². The number of carboxylic acid groups (broad SMARTS) is 1. The SMILES string of the molecule is CC(C)CN(C[C@@H](O)[C@H](Cc1ccccc1)NC(=O)[C@H](CC(N)=O)NC(=O)OCc1ccccc1)S(=O)(=O)NC(C)(C)C(=O)O. The van der Waals surface area contributed by atoms with Crippen LogP contribution in [-0.2, 0) is 42.4 Å². The summed E-state index contributed by atoms with van der Waals surface area (Å²) >= 11 is 0. The molecule has 3 amide bonds. The van der Waals surface area contributed by atoms with E-state index in [-0.39, 0.29) is 25.5 Å². The summed E-state index contributed by atoms with van der Waals surface area (Å²) in [7, 11) is -4.43. The van der Waals surface area contributed by atoms with Gasteiger partial charge >= 0.3 is 12.1 Å². The third-order valence-corrected chi connectivity index (χ3v) is 8.28. The Morgan fingerprint density at radius 2 is 1.49 bits per heavy atom. The molecule has 0 aliphatic rings. The molecule has 0 saturated heterocycles. The molecule has 45 heavy (non-hydrogen) atoms. The Hall–Kier alpha value is -4.05. The van der Waals surface area contributed by atoms with Crippen molar-refractivity contribution < 1.29 is 42.5 Å². The largest absolute Gasteiger partial charge is 0.480 e. The van der Waals surface area contributed by atoms with E-state index < -0.39 is 70.8 Å². The zero-order valence-electron chi connectivity index (χ0n) is 25.8. The maximum absolute atomic E-state index is 13.4. The fraction of sp³-hybridized carbons (Fsp3) is 0.467. The van der Waals surface area contributed by atoms with Crippen molar-refractivity contribution in [3.63, 3.8) is 0 Å². The number of primary amides is 1. The number of aliphatic hydroxyl groups excluding tert-OH is 1. The molecule has 2 rings (SSSR count). The van der Waals surface area contributed by atoms with Gasteiger partial charge in [-0.15, -0.1) is 0 Å². The number of nitrogens with one attached hydrogen (secondary N) is 3. The van der Waals surface area contributed by atoms with E-state index in [1.165, 1.54) is 13.8 Å². The van der Waals surface area contributed by atoms with E-state index in [1.54, 1.807) is 74.5 Å². The summed E-state index contributed by atoms with van der Waals surface area (Å²) in [5.74, 6) is -3.37. The van der Waals surface area contributed by atoms with Gasteiger partial charge in [0.25, 0.3) is 10.2 Å². The second-order valence-electron chi connectivity index (χ2n) is 11.5. The summed E-state index contributed by atoms with van der Waals surface area (Å²) in [5.41, 5.74) is 4.87. The van der Waals surface area contributed by atoms with Crippen LogP contribution < -0.4 is 21.1 Å². The molecule has 0 spiro atoms. The van der Waals surface area contributed by atoms with E-state index in [0.717, 1.165) is 4.31 Å². The number of benzene rings is 2. The number of aliphatic carboxylic acids is 1. The minimum absolute atomic E-state index is 0.0408. The molecule has 0 fully saturated rings. The van der Waals surface area contributed by atoms with E-state index in [0.29, 0.717) is 11.1 Å². The normalized spacial score (nSPS) is 13.9. The average molecular weight is 650 g/mol. The van der Waals surface area contributed by atoms with E-state index in [1.807, 2.05) is 0 Å². The lowest BCUT2D eigenvalue weighted by atomic mass is 10.00. The fourth-order valence-electron chi connectivity index (χ4n) is 4.20. The highest BCUT2D eigenvalue weighted by atomic mass is 32.2. The summed E-state index contributed by atoms with van der Waals surface area (Å²) < 4.78 is 34.8. The van der Waals surface area contributed by atoms with Crippen LogP contribution in [0.5, 0.6) is 0 Å². The average Bonchev–Trinajstić information content (AvgIpc) is 2.95. The number of hydrogen-bond acceptors (Lipinski definition) is 8. The Morgan fingerprint density at radius 3 is 2.00 bits per heavy atom. The van der Waals surface area contributed by atoms with Crippen LogP contribution in [0.3, 0.4) is 0 Å². The standard InChI is InChI=1S/C30H43N5O9S/c1-20(2)17-35(45(42,43)34-30(3,4)28(39)40)18-25(36)23(15-21-11-7-5-8-12-21)32-27(38)24(16-26(31)37)33-29(41)44-19-22-13-9-6-10-14-22/h5-14,20,23-25,34,36H,15-19H2,1-4H3,(H2,31,37)(H,32,38)(H,33,41)(H,39,40)/t23-,24-,25+/m0/s1. The Morgan fingerprint density at radius 1 is 0.933 bits per heavy atom. The van der Waals surface area contributed by atoms with Crippen LogP contribution in [0, 0.1) is 5.92 Å². The molecule has 0 unspecified atom stereocenters. The smallest absolute Gasteiger partial charge is 0.408 e. The lowest BCUT2D eigenvalue weighted by Crippen LogP contribution is -2.59. The molecule has 248 valence electrons. The highest BCUT2D eigenvalue weighted by Gasteiger charge is 2.38. The second kappa shape index (κ2) is 16.9. The minimum Gasteiger partial charge on any atom is -0.480 e. The lowest BCUT2D eigenvalue weighted by molar-refractivity contribution is -0.142. The molecule has 2 aromatic carbocycles. The number of carbonyl (C=O) groups is 4. The summed E-state index contributed by atoms with van der Waals surface area (Å²) in [4.78, 5) is 49.3. The van der Waals surface area contributed by atoms with Gasteiger partial charge in [0.2, 0.25) is 11.8 Å². The summed E-state index contributed by atoms with van der Waals surface area (Å²) in [6.45, 7) is 5.17. The number of amides is 3. The van der Waals surface area contributed by atoms with E-state index >= 15 is 0 Å². The molecule has 0 heterocycles. The summed E-state index contributed by atoms with van der Waals surface area (Å²) in [6.07, 6.45) is -3.04. The van der Waals surface area contributed by atoms with Gasteiger partial charge in [-0.1, -0.05) is 74.5 Å². The van der Waals surface area contributed by atoms with Crippen molar-refractivity contribution in [2.75, 3.05) is 13.1 Å². The highest BCUT2D eigenvalue weighted by molar-refractivity contribution is 7.87. The third kappa shape index (κ3) is 12.8. The van der Waals surface area contributed by atoms with Crippen molar-refractivity contribution in [2.24, 2.45) is 11.7 Å². The van der Waals surface area contributed by atoms with Crippen LogP contribution in [0.25, 0.3) is 0 Å².